The third-order valence-electron chi connectivity index (χ3n) is 2.62. The van der Waals surface area contributed by atoms with E-state index in [0.29, 0.717) is 0 Å². The zero-order valence-corrected chi connectivity index (χ0v) is 9.84. The Labute approximate surface area is 91.3 Å². The van der Waals surface area contributed by atoms with Crippen molar-refractivity contribution >= 4 is 5.97 Å². The molecule has 0 aliphatic carbocycles. The highest BCUT2D eigenvalue weighted by atomic mass is 16.5. The number of rotatable bonds is 4. The van der Waals surface area contributed by atoms with Gasteiger partial charge in [0.2, 0.25) is 0 Å². The molecule has 0 bridgehead atoms. The SMILES string of the molecule is CC(C)OC(=O)CNC1(C)CCOCC1. The van der Waals surface area contributed by atoms with Crippen molar-refractivity contribution in [2.75, 3.05) is 19.8 Å². The van der Waals surface area contributed by atoms with Crippen LogP contribution in [0.2, 0.25) is 0 Å². The first-order chi connectivity index (χ1) is 7.02. The lowest BCUT2D eigenvalue weighted by atomic mass is 9.92. The van der Waals surface area contributed by atoms with Crippen LogP contribution in [-0.4, -0.2) is 37.4 Å². The van der Waals surface area contributed by atoms with Crippen LogP contribution in [0.4, 0.5) is 0 Å². The van der Waals surface area contributed by atoms with Gasteiger partial charge in [-0.1, -0.05) is 0 Å². The lowest BCUT2D eigenvalue weighted by Crippen LogP contribution is -2.49. The van der Waals surface area contributed by atoms with Gasteiger partial charge < -0.3 is 14.8 Å². The molecule has 0 unspecified atom stereocenters. The van der Waals surface area contributed by atoms with Gasteiger partial charge in [0.25, 0.3) is 0 Å². The van der Waals surface area contributed by atoms with Crippen LogP contribution in [0.15, 0.2) is 0 Å². The Morgan fingerprint density at radius 3 is 2.60 bits per heavy atom. The first kappa shape index (κ1) is 12.5. The van der Waals surface area contributed by atoms with E-state index in [0.717, 1.165) is 26.1 Å². The van der Waals surface area contributed by atoms with E-state index in [9.17, 15) is 4.79 Å². The molecule has 0 atom stereocenters. The molecule has 1 N–H and O–H groups in total. The first-order valence-corrected chi connectivity index (χ1v) is 5.54. The highest BCUT2D eigenvalue weighted by Crippen LogP contribution is 2.19. The molecule has 0 aromatic carbocycles. The second kappa shape index (κ2) is 5.47. The molecule has 1 aliphatic rings. The smallest absolute Gasteiger partial charge is 0.320 e. The molecule has 1 saturated heterocycles. The van der Waals surface area contributed by atoms with Crippen LogP contribution in [0, 0.1) is 0 Å². The molecule has 15 heavy (non-hydrogen) atoms. The largest absolute Gasteiger partial charge is 0.462 e. The Morgan fingerprint density at radius 1 is 1.47 bits per heavy atom. The fourth-order valence-electron chi connectivity index (χ4n) is 1.59. The van der Waals surface area contributed by atoms with Crippen LogP contribution in [0.3, 0.4) is 0 Å². The minimum absolute atomic E-state index is 0.0221. The van der Waals surface area contributed by atoms with Gasteiger partial charge in [-0.25, -0.2) is 0 Å². The average molecular weight is 215 g/mol. The van der Waals surface area contributed by atoms with Gasteiger partial charge in [0.05, 0.1) is 12.6 Å². The number of carbonyl (C=O) groups is 1. The fourth-order valence-corrected chi connectivity index (χ4v) is 1.59. The molecule has 0 aromatic heterocycles. The molecule has 1 rings (SSSR count). The standard InChI is InChI=1S/C11H21NO3/c1-9(2)15-10(13)8-12-11(3)4-6-14-7-5-11/h9,12H,4-8H2,1-3H3. The molecule has 4 heteroatoms. The third-order valence-corrected chi connectivity index (χ3v) is 2.62. The van der Waals surface area contributed by atoms with Crippen LogP contribution in [-0.2, 0) is 14.3 Å². The molecule has 1 aliphatic heterocycles. The maximum absolute atomic E-state index is 11.3. The number of ether oxygens (including phenoxy) is 2. The van der Waals surface area contributed by atoms with Crippen LogP contribution >= 0.6 is 0 Å². The summed E-state index contributed by atoms with van der Waals surface area (Å²) in [7, 11) is 0. The quantitative estimate of drug-likeness (QED) is 0.713. The number of nitrogens with one attached hydrogen (secondary N) is 1. The fraction of sp³-hybridized carbons (Fsp3) is 0.909. The zero-order valence-electron chi connectivity index (χ0n) is 9.84. The Bertz CT molecular complexity index is 210. The molecular weight excluding hydrogens is 194 g/mol. The van der Waals surface area contributed by atoms with E-state index >= 15 is 0 Å². The maximum Gasteiger partial charge on any atom is 0.320 e. The molecule has 0 amide bonds. The van der Waals surface area contributed by atoms with Gasteiger partial charge in [0.15, 0.2) is 0 Å². The zero-order chi connectivity index (χ0) is 11.3. The summed E-state index contributed by atoms with van der Waals surface area (Å²) in [4.78, 5) is 11.3. The summed E-state index contributed by atoms with van der Waals surface area (Å²) in [5.74, 6) is -0.183. The second-order valence-corrected chi connectivity index (χ2v) is 4.57. The van der Waals surface area contributed by atoms with Crippen molar-refractivity contribution in [1.82, 2.24) is 5.32 Å². The van der Waals surface area contributed by atoms with Crippen LogP contribution < -0.4 is 5.32 Å². The summed E-state index contributed by atoms with van der Waals surface area (Å²) < 4.78 is 10.3. The Kier molecular flexibility index (Phi) is 4.54. The van der Waals surface area contributed by atoms with Crippen LogP contribution in [0.1, 0.15) is 33.6 Å². The third kappa shape index (κ3) is 4.62. The second-order valence-electron chi connectivity index (χ2n) is 4.57. The molecule has 1 fully saturated rings. The summed E-state index contributed by atoms with van der Waals surface area (Å²) in [5, 5.41) is 3.25. The van der Waals surface area contributed by atoms with Crippen molar-refractivity contribution in [1.29, 1.82) is 0 Å². The topological polar surface area (TPSA) is 47.6 Å². The van der Waals surface area contributed by atoms with Crippen molar-refractivity contribution in [3.05, 3.63) is 0 Å². The van der Waals surface area contributed by atoms with Gasteiger partial charge in [0.1, 0.15) is 0 Å². The Hall–Kier alpha value is -0.610. The van der Waals surface area contributed by atoms with Crippen LogP contribution in [0.5, 0.6) is 0 Å². The highest BCUT2D eigenvalue weighted by molar-refractivity contribution is 5.71. The number of hydrogen-bond acceptors (Lipinski definition) is 4. The summed E-state index contributed by atoms with van der Waals surface area (Å²) in [6, 6.07) is 0. The molecule has 1 heterocycles. The monoisotopic (exact) mass is 215 g/mol. The van der Waals surface area contributed by atoms with Crippen molar-refractivity contribution < 1.29 is 14.3 Å². The molecular formula is C11H21NO3. The van der Waals surface area contributed by atoms with E-state index in [2.05, 4.69) is 12.2 Å². The van der Waals surface area contributed by atoms with E-state index in [-0.39, 0.29) is 24.2 Å². The summed E-state index contributed by atoms with van der Waals surface area (Å²) in [6.45, 7) is 7.65. The highest BCUT2D eigenvalue weighted by Gasteiger charge is 2.27. The normalized spacial score (nSPS) is 20.3. The molecule has 0 aromatic rings. The van der Waals surface area contributed by atoms with Gasteiger partial charge in [0, 0.05) is 18.8 Å². The molecule has 0 radical (unpaired) electrons. The molecule has 4 nitrogen and oxygen atoms in total. The van der Waals surface area contributed by atoms with Gasteiger partial charge in [-0.15, -0.1) is 0 Å². The average Bonchev–Trinajstić information content (AvgIpc) is 2.15. The van der Waals surface area contributed by atoms with E-state index in [4.69, 9.17) is 9.47 Å². The maximum atomic E-state index is 11.3. The van der Waals surface area contributed by atoms with Gasteiger partial charge >= 0.3 is 5.97 Å². The van der Waals surface area contributed by atoms with Crippen molar-refractivity contribution in [3.8, 4) is 0 Å². The van der Waals surface area contributed by atoms with E-state index < -0.39 is 0 Å². The Morgan fingerprint density at radius 2 is 2.07 bits per heavy atom. The molecule has 0 spiro atoms. The number of hydrogen-bond donors (Lipinski definition) is 1. The summed E-state index contributed by atoms with van der Waals surface area (Å²) >= 11 is 0. The lowest BCUT2D eigenvalue weighted by molar-refractivity contribution is -0.146. The minimum atomic E-state index is -0.183. The van der Waals surface area contributed by atoms with Crippen molar-refractivity contribution in [2.45, 2.75) is 45.3 Å². The number of esters is 1. The Balaban J connectivity index is 2.25. The summed E-state index contributed by atoms with van der Waals surface area (Å²) in [5.41, 5.74) is 0.0221. The van der Waals surface area contributed by atoms with Gasteiger partial charge in [-0.2, -0.15) is 0 Å². The predicted octanol–water partition coefficient (Wildman–Crippen LogP) is 1.10. The number of carbonyl (C=O) groups excluding carboxylic acids is 1. The van der Waals surface area contributed by atoms with Crippen molar-refractivity contribution in [3.63, 3.8) is 0 Å². The first-order valence-electron chi connectivity index (χ1n) is 5.54. The lowest BCUT2D eigenvalue weighted by Gasteiger charge is -2.34. The van der Waals surface area contributed by atoms with E-state index in [1.54, 1.807) is 0 Å². The van der Waals surface area contributed by atoms with Crippen LogP contribution in [0.25, 0.3) is 0 Å². The van der Waals surface area contributed by atoms with Crippen molar-refractivity contribution in [2.24, 2.45) is 0 Å². The van der Waals surface area contributed by atoms with E-state index in [1.807, 2.05) is 13.8 Å². The van der Waals surface area contributed by atoms with E-state index in [1.165, 1.54) is 0 Å². The summed E-state index contributed by atoms with van der Waals surface area (Å²) in [6.07, 6.45) is 1.85. The minimum Gasteiger partial charge on any atom is -0.462 e. The predicted molar refractivity (Wildman–Crippen MR) is 57.7 cm³/mol. The van der Waals surface area contributed by atoms with Gasteiger partial charge in [-0.3, -0.25) is 4.79 Å². The van der Waals surface area contributed by atoms with Gasteiger partial charge in [-0.05, 0) is 33.6 Å². The molecule has 0 saturated carbocycles. The molecule has 88 valence electrons.